The molecule has 0 amide bonds. The van der Waals surface area contributed by atoms with Gasteiger partial charge >= 0.3 is 0 Å². The van der Waals surface area contributed by atoms with Crippen LogP contribution in [0, 0.1) is 6.92 Å². The highest BCUT2D eigenvalue weighted by Gasteiger charge is 2.08. The first-order chi connectivity index (χ1) is 8.22. The number of hydrogen-bond donors (Lipinski definition) is 1. The Labute approximate surface area is 101 Å². The van der Waals surface area contributed by atoms with Crippen molar-refractivity contribution in [3.05, 3.63) is 48.0 Å². The molecule has 0 unspecified atom stereocenters. The van der Waals surface area contributed by atoms with Crippen molar-refractivity contribution in [1.29, 1.82) is 0 Å². The molecule has 0 saturated heterocycles. The van der Waals surface area contributed by atoms with Gasteiger partial charge in [0, 0.05) is 0 Å². The van der Waals surface area contributed by atoms with E-state index in [0.717, 1.165) is 5.56 Å². The first-order valence-electron chi connectivity index (χ1n) is 5.38. The molecule has 88 valence electrons. The summed E-state index contributed by atoms with van der Waals surface area (Å²) in [5.74, 6) is 2.03. The zero-order valence-corrected chi connectivity index (χ0v) is 9.94. The van der Waals surface area contributed by atoms with E-state index in [4.69, 9.17) is 15.2 Å². The molecule has 2 N–H and O–H groups in total. The highest BCUT2D eigenvalue weighted by Crippen LogP contribution is 2.35. The van der Waals surface area contributed by atoms with Gasteiger partial charge in [0.05, 0.1) is 12.8 Å². The number of aryl methyl sites for hydroxylation is 1. The van der Waals surface area contributed by atoms with Crippen LogP contribution in [0.1, 0.15) is 5.56 Å². The Morgan fingerprint density at radius 2 is 1.65 bits per heavy atom. The molecule has 17 heavy (non-hydrogen) atoms. The third kappa shape index (κ3) is 2.33. The number of benzene rings is 2. The number of ether oxygens (including phenoxy) is 2. The number of hydrogen-bond acceptors (Lipinski definition) is 3. The lowest BCUT2D eigenvalue weighted by molar-refractivity contribution is 0.378. The van der Waals surface area contributed by atoms with Gasteiger partial charge in [-0.1, -0.05) is 24.3 Å². The molecule has 3 nitrogen and oxygen atoms in total. The van der Waals surface area contributed by atoms with Crippen LogP contribution in [0.15, 0.2) is 42.5 Å². The van der Waals surface area contributed by atoms with Gasteiger partial charge in [-0.2, -0.15) is 0 Å². The monoisotopic (exact) mass is 229 g/mol. The Hall–Kier alpha value is -2.16. The lowest BCUT2D eigenvalue weighted by Gasteiger charge is -2.13. The van der Waals surface area contributed by atoms with E-state index in [1.165, 1.54) is 0 Å². The van der Waals surface area contributed by atoms with Crippen LogP contribution in [-0.4, -0.2) is 7.11 Å². The summed E-state index contributed by atoms with van der Waals surface area (Å²) >= 11 is 0. The van der Waals surface area contributed by atoms with Crippen molar-refractivity contribution in [3.63, 3.8) is 0 Å². The van der Waals surface area contributed by atoms with Gasteiger partial charge in [-0.25, -0.2) is 0 Å². The average molecular weight is 229 g/mol. The quantitative estimate of drug-likeness (QED) is 0.820. The Morgan fingerprint density at radius 3 is 2.29 bits per heavy atom. The molecule has 0 aliphatic rings. The largest absolute Gasteiger partial charge is 0.493 e. The van der Waals surface area contributed by atoms with Crippen LogP contribution in [0.4, 0.5) is 5.69 Å². The zero-order valence-electron chi connectivity index (χ0n) is 9.94. The maximum atomic E-state index is 5.89. The lowest BCUT2D eigenvalue weighted by atomic mass is 10.2. The van der Waals surface area contributed by atoms with Gasteiger partial charge in [0.15, 0.2) is 17.2 Å². The smallest absolute Gasteiger partial charge is 0.169 e. The lowest BCUT2D eigenvalue weighted by Crippen LogP contribution is -1.96. The second kappa shape index (κ2) is 4.78. The Balaban J connectivity index is 2.38. The van der Waals surface area contributed by atoms with E-state index in [2.05, 4.69) is 0 Å². The summed E-state index contributed by atoms with van der Waals surface area (Å²) in [7, 11) is 1.61. The van der Waals surface area contributed by atoms with Crippen molar-refractivity contribution < 1.29 is 9.47 Å². The molecule has 0 fully saturated rings. The number of methoxy groups -OCH3 is 1. The Kier molecular flexibility index (Phi) is 3.19. The normalized spacial score (nSPS) is 10.0. The van der Waals surface area contributed by atoms with Gasteiger partial charge in [-0.3, -0.25) is 0 Å². The summed E-state index contributed by atoms with van der Waals surface area (Å²) in [5, 5.41) is 0. The van der Waals surface area contributed by atoms with Crippen LogP contribution in [-0.2, 0) is 0 Å². The second-order valence-corrected chi connectivity index (χ2v) is 3.75. The van der Waals surface area contributed by atoms with Crippen molar-refractivity contribution in [2.45, 2.75) is 6.92 Å². The number of rotatable bonds is 3. The van der Waals surface area contributed by atoms with E-state index >= 15 is 0 Å². The predicted octanol–water partition coefficient (Wildman–Crippen LogP) is 3.38. The van der Waals surface area contributed by atoms with Crippen molar-refractivity contribution in [1.82, 2.24) is 0 Å². The first-order valence-corrected chi connectivity index (χ1v) is 5.38. The molecule has 0 saturated carbocycles. The van der Waals surface area contributed by atoms with Gasteiger partial charge in [0.1, 0.15) is 0 Å². The number of para-hydroxylation sites is 3. The molecule has 0 spiro atoms. The number of nitrogens with two attached hydrogens (primary N) is 1. The van der Waals surface area contributed by atoms with Gasteiger partial charge < -0.3 is 15.2 Å². The molecular formula is C14H15NO2. The summed E-state index contributed by atoms with van der Waals surface area (Å²) in [4.78, 5) is 0. The van der Waals surface area contributed by atoms with Crippen LogP contribution in [0.25, 0.3) is 0 Å². The molecule has 2 aromatic carbocycles. The SMILES string of the molecule is COc1ccccc1Oc1c(C)cccc1N. The molecule has 0 aliphatic carbocycles. The van der Waals surface area contributed by atoms with Crippen molar-refractivity contribution in [3.8, 4) is 17.2 Å². The molecule has 0 atom stereocenters. The fraction of sp³-hybridized carbons (Fsp3) is 0.143. The van der Waals surface area contributed by atoms with E-state index in [9.17, 15) is 0 Å². The van der Waals surface area contributed by atoms with Gasteiger partial charge in [0.25, 0.3) is 0 Å². The maximum Gasteiger partial charge on any atom is 0.169 e. The van der Waals surface area contributed by atoms with Crippen molar-refractivity contribution >= 4 is 5.69 Å². The average Bonchev–Trinajstić information content (AvgIpc) is 2.34. The minimum absolute atomic E-state index is 0.621. The molecule has 2 rings (SSSR count). The van der Waals surface area contributed by atoms with Gasteiger partial charge in [0.2, 0.25) is 0 Å². The summed E-state index contributed by atoms with van der Waals surface area (Å²) < 4.78 is 11.0. The highest BCUT2D eigenvalue weighted by atomic mass is 16.5. The summed E-state index contributed by atoms with van der Waals surface area (Å²) in [6.07, 6.45) is 0. The topological polar surface area (TPSA) is 44.5 Å². The van der Waals surface area contributed by atoms with E-state index < -0.39 is 0 Å². The molecular weight excluding hydrogens is 214 g/mol. The molecule has 0 aliphatic heterocycles. The summed E-state index contributed by atoms with van der Waals surface area (Å²) in [5.41, 5.74) is 7.51. The van der Waals surface area contributed by atoms with Crippen LogP contribution >= 0.6 is 0 Å². The zero-order chi connectivity index (χ0) is 12.3. The maximum absolute atomic E-state index is 5.89. The fourth-order valence-electron chi connectivity index (χ4n) is 1.63. The first kappa shape index (κ1) is 11.3. The van der Waals surface area contributed by atoms with Crippen LogP contribution < -0.4 is 15.2 Å². The molecule has 3 heteroatoms. The van der Waals surface area contributed by atoms with Crippen molar-refractivity contribution in [2.75, 3.05) is 12.8 Å². The van der Waals surface area contributed by atoms with Gasteiger partial charge in [-0.05, 0) is 30.7 Å². The van der Waals surface area contributed by atoms with Crippen molar-refractivity contribution in [2.24, 2.45) is 0 Å². The molecule has 0 heterocycles. The van der Waals surface area contributed by atoms with E-state index in [-0.39, 0.29) is 0 Å². The second-order valence-electron chi connectivity index (χ2n) is 3.75. The third-order valence-corrected chi connectivity index (χ3v) is 2.52. The molecule has 2 aromatic rings. The Morgan fingerprint density at radius 1 is 0.941 bits per heavy atom. The standard InChI is InChI=1S/C14H15NO2/c1-10-6-5-7-11(15)14(10)17-13-9-4-3-8-12(13)16-2/h3-9H,15H2,1-2H3. The van der Waals surface area contributed by atoms with Crippen LogP contribution in [0.2, 0.25) is 0 Å². The number of nitrogen functional groups attached to an aromatic ring is 1. The molecule has 0 aromatic heterocycles. The van der Waals surface area contributed by atoms with Crippen LogP contribution in [0.3, 0.4) is 0 Å². The van der Waals surface area contributed by atoms with Gasteiger partial charge in [-0.15, -0.1) is 0 Å². The third-order valence-electron chi connectivity index (χ3n) is 2.52. The molecule has 0 bridgehead atoms. The van der Waals surface area contributed by atoms with Crippen LogP contribution in [0.5, 0.6) is 17.2 Å². The molecule has 0 radical (unpaired) electrons. The summed E-state index contributed by atoms with van der Waals surface area (Å²) in [6.45, 7) is 1.96. The number of anilines is 1. The minimum atomic E-state index is 0.621. The van der Waals surface area contributed by atoms with E-state index in [1.807, 2.05) is 49.4 Å². The summed E-state index contributed by atoms with van der Waals surface area (Å²) in [6, 6.07) is 13.2. The minimum Gasteiger partial charge on any atom is -0.493 e. The Bertz CT molecular complexity index is 503. The predicted molar refractivity (Wildman–Crippen MR) is 68.7 cm³/mol. The fourth-order valence-corrected chi connectivity index (χ4v) is 1.63. The van der Waals surface area contributed by atoms with E-state index in [0.29, 0.717) is 22.9 Å². The van der Waals surface area contributed by atoms with E-state index in [1.54, 1.807) is 7.11 Å². The highest BCUT2D eigenvalue weighted by molar-refractivity contribution is 5.58.